The third-order valence-electron chi connectivity index (χ3n) is 11.5. The van der Waals surface area contributed by atoms with Crippen LogP contribution in [0.15, 0.2) is 23.3 Å². The van der Waals surface area contributed by atoms with E-state index >= 15 is 4.79 Å². The second-order valence-corrected chi connectivity index (χ2v) is 14.4. The number of rotatable bonds is 4. The van der Waals surface area contributed by atoms with Gasteiger partial charge in [-0.1, -0.05) is 61.0 Å². The second kappa shape index (κ2) is 11.2. The van der Waals surface area contributed by atoms with Crippen LogP contribution in [-0.2, 0) is 21.9 Å². The molecule has 0 spiro atoms. The highest BCUT2D eigenvalue weighted by Gasteiger charge is 2.76. The lowest BCUT2D eigenvalue weighted by Gasteiger charge is -2.75. The topological polar surface area (TPSA) is 58.2 Å². The zero-order valence-electron chi connectivity index (χ0n) is 43.7. The summed E-state index contributed by atoms with van der Waals surface area (Å²) in [4.78, 5) is 29.0. The van der Waals surface area contributed by atoms with Crippen molar-refractivity contribution in [3.8, 4) is 0 Å². The fourth-order valence-corrected chi connectivity index (χ4v) is 8.63. The van der Waals surface area contributed by atoms with Crippen LogP contribution in [0.5, 0.6) is 0 Å². The van der Waals surface area contributed by atoms with Crippen LogP contribution in [0.1, 0.15) is 132 Å². The van der Waals surface area contributed by atoms with Crippen molar-refractivity contribution >= 4 is 17.5 Å². The molecule has 3 aliphatic carbocycles. The predicted octanol–water partition coefficient (Wildman–Crippen LogP) is 10.2. The van der Waals surface area contributed by atoms with Gasteiger partial charge in [0, 0.05) is 42.1 Å². The summed E-state index contributed by atoms with van der Waals surface area (Å²) in [7, 11) is 0. The molecule has 0 bridgehead atoms. The van der Waals surface area contributed by atoms with Gasteiger partial charge < -0.3 is 10.6 Å². The summed E-state index contributed by atoms with van der Waals surface area (Å²) in [5, 5.41) is 3.76. The highest BCUT2D eigenvalue weighted by atomic mass is 19.4. The zero-order chi connectivity index (χ0) is 49.9. The van der Waals surface area contributed by atoms with Crippen molar-refractivity contribution in [1.82, 2.24) is 5.32 Å². The van der Waals surface area contributed by atoms with E-state index in [4.69, 9.17) is 0 Å². The third-order valence-corrected chi connectivity index (χ3v) is 11.5. The number of halogens is 6. The van der Waals surface area contributed by atoms with Gasteiger partial charge in [-0.15, -0.1) is 0 Å². The van der Waals surface area contributed by atoms with Gasteiger partial charge in [-0.25, -0.2) is 0 Å². The Balaban J connectivity index is 2.17. The second-order valence-electron chi connectivity index (χ2n) is 14.4. The normalized spacial score (nSPS) is 51.4. The van der Waals surface area contributed by atoms with Crippen LogP contribution in [0.4, 0.5) is 32.0 Å². The number of anilines is 1. The molecule has 0 aromatic heterocycles. The maximum atomic E-state index is 15.3. The van der Waals surface area contributed by atoms with Crippen LogP contribution < -0.4 is 10.6 Å². The van der Waals surface area contributed by atoms with E-state index in [1.165, 1.54) is 0 Å². The first-order valence-electron chi connectivity index (χ1n) is 23.0. The molecular weight excluding hydrogens is 630 g/mol. The van der Waals surface area contributed by atoms with Gasteiger partial charge in [0.1, 0.15) is 0 Å². The van der Waals surface area contributed by atoms with Crippen molar-refractivity contribution in [2.45, 2.75) is 120 Å². The van der Waals surface area contributed by atoms with Gasteiger partial charge in [-0.3, -0.25) is 9.59 Å². The van der Waals surface area contributed by atoms with Gasteiger partial charge in [0.25, 0.3) is 0 Å². The lowest BCUT2D eigenvalue weighted by Crippen LogP contribution is -2.73. The number of carbonyl (C=O) groups excluding carboxylic acids is 2. The Hall–Kier alpha value is -2.52. The number of benzene rings is 1. The molecule has 1 aliphatic heterocycles. The van der Waals surface area contributed by atoms with Crippen LogP contribution >= 0.6 is 0 Å². The summed E-state index contributed by atoms with van der Waals surface area (Å²) in [6.45, 7) is 10.7. The first kappa shape index (κ1) is 21.6. The Morgan fingerprint density at radius 3 is 2.02 bits per heavy atom. The zero-order valence-corrected chi connectivity index (χ0v) is 28.7. The summed E-state index contributed by atoms with van der Waals surface area (Å²) in [6, 6.07) is -3.51. The summed E-state index contributed by atoms with van der Waals surface area (Å²) < 4.78 is 236. The van der Waals surface area contributed by atoms with Gasteiger partial charge >= 0.3 is 12.4 Å². The van der Waals surface area contributed by atoms with Gasteiger partial charge in [0.15, 0.2) is 0 Å². The van der Waals surface area contributed by atoms with Gasteiger partial charge in [0.05, 0.1) is 18.2 Å². The Kier molecular flexibility index (Phi) is 5.07. The monoisotopic (exact) mass is 697 g/mol. The number of carbonyl (C=O) groups is 2. The quantitative estimate of drug-likeness (QED) is 0.308. The maximum absolute atomic E-state index is 15.3. The number of alkyl halides is 6. The minimum atomic E-state index is -5.55. The molecule has 4 nitrogen and oxygen atoms in total. The molecule has 0 unspecified atom stereocenters. The summed E-state index contributed by atoms with van der Waals surface area (Å²) >= 11 is 0. The molecular formula is C38H52F6N2O2. The molecule has 2 amide bonds. The average molecular weight is 698 g/mol. The molecule has 1 heterocycles. The van der Waals surface area contributed by atoms with Crippen LogP contribution in [0.3, 0.4) is 0 Å². The highest BCUT2D eigenvalue weighted by Crippen LogP contribution is 2.79. The molecule has 48 heavy (non-hydrogen) atoms. The molecule has 0 radical (unpaired) electrons. The first-order valence-corrected chi connectivity index (χ1v) is 15.5. The largest absolute Gasteiger partial charge is 0.418 e. The number of hydrogen-bond acceptors (Lipinski definition) is 2. The molecule has 7 atom stereocenters. The molecule has 5 rings (SSSR count). The number of hydrogen-bond donors (Lipinski definition) is 2. The van der Waals surface area contributed by atoms with Crippen molar-refractivity contribution in [3.05, 3.63) is 40.0 Å². The number of nitrogens with one attached hydrogen (secondary N) is 2. The SMILES string of the molecule is [2H]C1([2H])C([2H])([2H])[C@@]2([2H])NC(=O)C(C)=C(C)[C@]2(C([2H])(C)C)[C@@]2([2H])C(C)(C)C(C)(C)[C@@]3(C([2H])(C)C)[C@@]([2H])(C([2H])([2H])C([2H])([2H])[C@]3([2H])C(=O)Nc3c(C(F)(F)F)ccc(C(F)(F)F)c3C)[C@]12[2H]. The van der Waals surface area contributed by atoms with Crippen LogP contribution in [0.25, 0.3) is 0 Å². The fourth-order valence-electron chi connectivity index (χ4n) is 8.63. The van der Waals surface area contributed by atoms with Crippen molar-refractivity contribution in [1.29, 1.82) is 0 Å². The van der Waals surface area contributed by atoms with Gasteiger partial charge in [0.2, 0.25) is 11.8 Å². The van der Waals surface area contributed by atoms with Crippen LogP contribution in [-0.4, -0.2) is 17.8 Å². The predicted molar refractivity (Wildman–Crippen MR) is 175 cm³/mol. The van der Waals surface area contributed by atoms with Gasteiger partial charge in [-0.2, -0.15) is 26.3 Å². The Morgan fingerprint density at radius 2 is 1.50 bits per heavy atom. The summed E-state index contributed by atoms with van der Waals surface area (Å²) in [5.41, 5.74) is -19.6. The molecule has 1 aromatic rings. The molecule has 1 aromatic carbocycles. The van der Waals surface area contributed by atoms with E-state index in [-0.39, 0.29) is 17.7 Å². The minimum Gasteiger partial charge on any atom is -0.349 e. The number of fused-ring (bicyclic) bond motifs is 5. The Bertz CT molecular complexity index is 2250. The average Bonchev–Trinajstić information content (AvgIpc) is 3.15. The van der Waals surface area contributed by atoms with Crippen molar-refractivity contribution in [3.63, 3.8) is 0 Å². The fraction of sp³-hybridized carbons (Fsp3) is 0.737. The van der Waals surface area contributed by atoms with Crippen molar-refractivity contribution < 1.29 is 56.5 Å². The lowest BCUT2D eigenvalue weighted by atomic mass is 9.30. The van der Waals surface area contributed by atoms with E-state index in [1.54, 1.807) is 5.32 Å². The number of amides is 2. The van der Waals surface area contributed by atoms with E-state index in [0.29, 0.717) is 6.92 Å². The van der Waals surface area contributed by atoms with E-state index < -0.39 is 141 Å². The Morgan fingerprint density at radius 1 is 0.938 bits per heavy atom. The molecule has 4 aliphatic rings. The van der Waals surface area contributed by atoms with E-state index in [2.05, 4.69) is 5.32 Å². The van der Waals surface area contributed by atoms with Crippen molar-refractivity contribution in [2.75, 3.05) is 5.32 Å². The van der Waals surface area contributed by atoms with Crippen LogP contribution in [0, 0.1) is 63.9 Å². The maximum Gasteiger partial charge on any atom is 0.418 e. The smallest absolute Gasteiger partial charge is 0.349 e. The molecule has 10 heteroatoms. The van der Waals surface area contributed by atoms with E-state index in [0.717, 1.165) is 69.2 Å². The molecule has 268 valence electrons. The van der Waals surface area contributed by atoms with Crippen molar-refractivity contribution in [2.24, 2.45) is 57.0 Å². The third kappa shape index (κ3) is 4.61. The standard InChI is InChI=1S/C38H52F6N2O2/c1-18(2)35-22(7)20(5)31(47)45-28(35)17-12-23-25-14-16-27(36(25,19(3)4)34(10,11)33(8,9)30(23)35)32(48)46-29-21(6)24(37(39,40)41)13-15-26(29)38(42,43)44/h13,15,18-19,23,25,27-28,30H,12,14,16-17H2,1-11H3,(H,45,47)(H,46,48)/t23-,25-,27+,28+,30+,35-,36-/m0/s1/i12D2,14D2,16D2,17D2,18D,19D,23D,25D,27D,28D,30D. The Labute approximate surface area is 302 Å². The summed E-state index contributed by atoms with van der Waals surface area (Å²) in [5.74, 6) is -25.7. The molecule has 3 fully saturated rings. The molecule has 2 N–H and O–H groups in total. The van der Waals surface area contributed by atoms with Gasteiger partial charge in [-0.05, 0) is 110 Å². The van der Waals surface area contributed by atoms with Crippen LogP contribution in [0.2, 0.25) is 0 Å². The lowest BCUT2D eigenvalue weighted by molar-refractivity contribution is -0.255. The minimum absolute atomic E-state index is 0.0426. The van der Waals surface area contributed by atoms with E-state index in [9.17, 15) is 51.7 Å². The highest BCUT2D eigenvalue weighted by molar-refractivity contribution is 5.96. The van der Waals surface area contributed by atoms with E-state index in [1.807, 2.05) is 0 Å². The summed E-state index contributed by atoms with van der Waals surface area (Å²) in [6.07, 6.45) is -28.4. The molecule has 3 saturated carbocycles. The first-order chi connectivity index (χ1) is 27.4. The molecule has 0 saturated heterocycles.